The second-order valence-electron chi connectivity index (χ2n) is 4.06. The van der Waals surface area contributed by atoms with E-state index in [9.17, 15) is 0 Å². The quantitative estimate of drug-likeness (QED) is 0.907. The SMILES string of the molecule is Nc1ccc(Sc2ccc3c(c2)OCCCO3)nn1. The van der Waals surface area contributed by atoms with E-state index in [0.29, 0.717) is 19.0 Å². The van der Waals surface area contributed by atoms with E-state index in [0.717, 1.165) is 27.8 Å². The van der Waals surface area contributed by atoms with Crippen molar-refractivity contribution in [3.8, 4) is 11.5 Å². The lowest BCUT2D eigenvalue weighted by Crippen LogP contribution is -1.97. The zero-order valence-electron chi connectivity index (χ0n) is 10.2. The Balaban J connectivity index is 1.81. The van der Waals surface area contributed by atoms with E-state index in [1.165, 1.54) is 11.8 Å². The van der Waals surface area contributed by atoms with Gasteiger partial charge in [-0.25, -0.2) is 0 Å². The number of benzene rings is 1. The molecule has 98 valence electrons. The third kappa shape index (κ3) is 2.90. The van der Waals surface area contributed by atoms with Crippen LogP contribution in [0.25, 0.3) is 0 Å². The van der Waals surface area contributed by atoms with Crippen LogP contribution >= 0.6 is 11.8 Å². The Hall–Kier alpha value is -1.95. The highest BCUT2D eigenvalue weighted by atomic mass is 32.2. The fourth-order valence-corrected chi connectivity index (χ4v) is 2.47. The van der Waals surface area contributed by atoms with Crippen LogP contribution in [0, 0.1) is 0 Å². The summed E-state index contributed by atoms with van der Waals surface area (Å²) in [7, 11) is 0. The van der Waals surface area contributed by atoms with Crippen molar-refractivity contribution in [1.82, 2.24) is 10.2 Å². The van der Waals surface area contributed by atoms with Crippen molar-refractivity contribution in [1.29, 1.82) is 0 Å². The molecule has 0 amide bonds. The number of fused-ring (bicyclic) bond motifs is 1. The summed E-state index contributed by atoms with van der Waals surface area (Å²) in [6.45, 7) is 1.38. The molecule has 19 heavy (non-hydrogen) atoms. The van der Waals surface area contributed by atoms with Crippen LogP contribution in [0.3, 0.4) is 0 Å². The lowest BCUT2D eigenvalue weighted by molar-refractivity contribution is 0.297. The lowest BCUT2D eigenvalue weighted by Gasteiger charge is -2.08. The van der Waals surface area contributed by atoms with E-state index in [1.54, 1.807) is 6.07 Å². The molecule has 0 unspecified atom stereocenters. The molecule has 5 nitrogen and oxygen atoms in total. The third-order valence-electron chi connectivity index (χ3n) is 2.60. The zero-order valence-corrected chi connectivity index (χ0v) is 11.0. The fraction of sp³-hybridized carbons (Fsp3) is 0.231. The molecule has 1 aliphatic heterocycles. The van der Waals surface area contributed by atoms with Gasteiger partial charge in [-0.15, -0.1) is 10.2 Å². The molecule has 0 saturated heterocycles. The molecule has 2 N–H and O–H groups in total. The van der Waals surface area contributed by atoms with E-state index in [1.807, 2.05) is 24.3 Å². The van der Waals surface area contributed by atoms with Gasteiger partial charge < -0.3 is 15.2 Å². The molecule has 1 aliphatic rings. The van der Waals surface area contributed by atoms with E-state index in [2.05, 4.69) is 10.2 Å². The van der Waals surface area contributed by atoms with Gasteiger partial charge >= 0.3 is 0 Å². The molecule has 1 aromatic carbocycles. The van der Waals surface area contributed by atoms with Crippen LogP contribution in [0.4, 0.5) is 5.82 Å². The first kappa shape index (κ1) is 12.1. The highest BCUT2D eigenvalue weighted by Crippen LogP contribution is 2.35. The Morgan fingerprint density at radius 2 is 1.84 bits per heavy atom. The molecule has 1 aromatic heterocycles. The second-order valence-corrected chi connectivity index (χ2v) is 5.15. The first-order valence-electron chi connectivity index (χ1n) is 5.98. The van der Waals surface area contributed by atoms with Gasteiger partial charge in [-0.2, -0.15) is 0 Å². The fourth-order valence-electron chi connectivity index (χ4n) is 1.71. The van der Waals surface area contributed by atoms with Crippen molar-refractivity contribution in [2.45, 2.75) is 16.3 Å². The standard InChI is InChI=1S/C13H13N3O2S/c14-12-4-5-13(16-15-12)19-9-2-3-10-11(8-9)18-7-1-6-17-10/h2-5,8H,1,6-7H2,(H2,14,15). The average Bonchev–Trinajstić information content (AvgIpc) is 2.66. The van der Waals surface area contributed by atoms with Crippen LogP contribution in [0.1, 0.15) is 6.42 Å². The van der Waals surface area contributed by atoms with Crippen molar-refractivity contribution in [2.75, 3.05) is 18.9 Å². The topological polar surface area (TPSA) is 70.3 Å². The predicted octanol–water partition coefficient (Wildman–Crippen LogP) is 2.37. The van der Waals surface area contributed by atoms with Crippen LogP contribution in [0.5, 0.6) is 11.5 Å². The maximum absolute atomic E-state index is 5.65. The summed E-state index contributed by atoms with van der Waals surface area (Å²) in [6.07, 6.45) is 0.903. The minimum atomic E-state index is 0.419. The molecule has 0 atom stereocenters. The van der Waals surface area contributed by atoms with Gasteiger partial charge in [-0.05, 0) is 30.3 Å². The molecule has 0 saturated carbocycles. The number of nitrogen functional groups attached to an aromatic ring is 1. The molecule has 0 bridgehead atoms. The Morgan fingerprint density at radius 3 is 2.63 bits per heavy atom. The summed E-state index contributed by atoms with van der Waals surface area (Å²) in [5.41, 5.74) is 5.51. The lowest BCUT2D eigenvalue weighted by atomic mass is 10.3. The number of nitrogens with two attached hydrogens (primary N) is 1. The van der Waals surface area contributed by atoms with Gasteiger partial charge in [0, 0.05) is 11.3 Å². The minimum Gasteiger partial charge on any atom is -0.490 e. The van der Waals surface area contributed by atoms with Gasteiger partial charge in [-0.1, -0.05) is 11.8 Å². The summed E-state index contributed by atoms with van der Waals surface area (Å²) in [5.74, 6) is 2.00. The van der Waals surface area contributed by atoms with Crippen LogP contribution in [-0.2, 0) is 0 Å². The van der Waals surface area contributed by atoms with Crippen LogP contribution in [0.2, 0.25) is 0 Å². The van der Waals surface area contributed by atoms with Crippen molar-refractivity contribution >= 4 is 17.6 Å². The predicted molar refractivity (Wildman–Crippen MR) is 72.6 cm³/mol. The molecular formula is C13H13N3O2S. The van der Waals surface area contributed by atoms with Gasteiger partial charge in [-0.3, -0.25) is 0 Å². The summed E-state index contributed by atoms with van der Waals surface area (Å²) < 4.78 is 11.2. The van der Waals surface area contributed by atoms with Crippen molar-refractivity contribution in [2.24, 2.45) is 0 Å². The minimum absolute atomic E-state index is 0.419. The molecule has 0 aliphatic carbocycles. The van der Waals surface area contributed by atoms with Crippen molar-refractivity contribution in [3.05, 3.63) is 30.3 Å². The normalized spacial score (nSPS) is 13.9. The highest BCUT2D eigenvalue weighted by molar-refractivity contribution is 7.99. The van der Waals surface area contributed by atoms with Gasteiger partial charge in [0.2, 0.25) is 0 Å². The first-order chi connectivity index (χ1) is 9.31. The third-order valence-corrected chi connectivity index (χ3v) is 3.52. The van der Waals surface area contributed by atoms with Gasteiger partial charge in [0.25, 0.3) is 0 Å². The number of ether oxygens (including phenoxy) is 2. The van der Waals surface area contributed by atoms with E-state index in [4.69, 9.17) is 15.2 Å². The number of aromatic nitrogens is 2. The maximum Gasteiger partial charge on any atom is 0.162 e. The zero-order chi connectivity index (χ0) is 13.1. The Morgan fingerprint density at radius 1 is 1.00 bits per heavy atom. The van der Waals surface area contributed by atoms with Gasteiger partial charge in [0.1, 0.15) is 10.8 Å². The van der Waals surface area contributed by atoms with Crippen molar-refractivity contribution in [3.63, 3.8) is 0 Å². The monoisotopic (exact) mass is 275 g/mol. The highest BCUT2D eigenvalue weighted by Gasteiger charge is 2.11. The molecular weight excluding hydrogens is 262 g/mol. The van der Waals surface area contributed by atoms with Crippen LogP contribution in [0.15, 0.2) is 40.3 Å². The summed E-state index contributed by atoms with van der Waals surface area (Å²) in [6, 6.07) is 9.45. The maximum atomic E-state index is 5.65. The summed E-state index contributed by atoms with van der Waals surface area (Å²) >= 11 is 1.51. The Labute approximate surface area is 115 Å². The Kier molecular flexibility index (Phi) is 3.41. The van der Waals surface area contributed by atoms with E-state index in [-0.39, 0.29) is 0 Å². The Bertz CT molecular complexity index is 575. The van der Waals surface area contributed by atoms with Gasteiger partial charge in [0.05, 0.1) is 13.2 Å². The largest absolute Gasteiger partial charge is 0.490 e. The van der Waals surface area contributed by atoms with Crippen LogP contribution < -0.4 is 15.2 Å². The number of nitrogens with zero attached hydrogens (tertiary/aromatic N) is 2. The number of anilines is 1. The number of rotatable bonds is 2. The molecule has 0 radical (unpaired) electrons. The molecule has 0 spiro atoms. The molecule has 2 aromatic rings. The second kappa shape index (κ2) is 5.36. The number of hydrogen-bond acceptors (Lipinski definition) is 6. The molecule has 3 rings (SSSR count). The van der Waals surface area contributed by atoms with E-state index >= 15 is 0 Å². The summed E-state index contributed by atoms with van der Waals surface area (Å²) in [4.78, 5) is 1.03. The summed E-state index contributed by atoms with van der Waals surface area (Å²) in [5, 5.41) is 8.64. The first-order valence-corrected chi connectivity index (χ1v) is 6.79. The molecule has 0 fully saturated rings. The average molecular weight is 275 g/mol. The van der Waals surface area contributed by atoms with Crippen molar-refractivity contribution < 1.29 is 9.47 Å². The van der Waals surface area contributed by atoms with Gasteiger partial charge in [0.15, 0.2) is 11.5 Å². The molecule has 2 heterocycles. The van der Waals surface area contributed by atoms with E-state index < -0.39 is 0 Å². The van der Waals surface area contributed by atoms with Crippen LogP contribution in [-0.4, -0.2) is 23.4 Å². The molecule has 6 heteroatoms. The smallest absolute Gasteiger partial charge is 0.162 e. The number of hydrogen-bond donors (Lipinski definition) is 1.